The number of likely N-dealkylation sites (tertiary alicyclic amines) is 1. The van der Waals surface area contributed by atoms with Crippen LogP contribution in [-0.4, -0.2) is 53.6 Å². The van der Waals surface area contributed by atoms with Crippen molar-refractivity contribution in [2.45, 2.75) is 32.1 Å². The lowest BCUT2D eigenvalue weighted by molar-refractivity contribution is 0.102. The Kier molecular flexibility index (Phi) is 7.42. The van der Waals surface area contributed by atoms with Crippen molar-refractivity contribution in [3.63, 3.8) is 0 Å². The number of aromatic nitrogens is 2. The van der Waals surface area contributed by atoms with Crippen LogP contribution in [0, 0.1) is 0 Å². The Bertz CT molecular complexity index is 1450. The van der Waals surface area contributed by atoms with Crippen molar-refractivity contribution >= 4 is 28.7 Å². The number of amides is 2. The number of benzene rings is 2. The molecule has 8 nitrogen and oxygen atoms in total. The first-order chi connectivity index (χ1) is 18.4. The second-order valence-corrected chi connectivity index (χ2v) is 9.75. The lowest BCUT2D eigenvalue weighted by Gasteiger charge is -2.29. The summed E-state index contributed by atoms with van der Waals surface area (Å²) in [6.07, 6.45) is 6.37. The molecular weight excluding hydrogens is 478 g/mol. The highest BCUT2D eigenvalue weighted by molar-refractivity contribution is 6.03. The average molecular weight is 512 g/mol. The first-order valence-corrected chi connectivity index (χ1v) is 13.0. The maximum Gasteiger partial charge on any atom is 0.325 e. The Morgan fingerprint density at radius 2 is 1.82 bits per heavy atom. The zero-order valence-corrected chi connectivity index (χ0v) is 22.0. The number of ether oxygens (including phenoxy) is 1. The third-order valence-electron chi connectivity index (χ3n) is 7.25. The number of hydrogen-bond donors (Lipinski definition) is 2. The van der Waals surface area contributed by atoms with Crippen LogP contribution in [0.25, 0.3) is 10.9 Å². The Balaban J connectivity index is 1.29. The Hall–Kier alpha value is -4.17. The fourth-order valence-electron chi connectivity index (χ4n) is 4.98. The van der Waals surface area contributed by atoms with Gasteiger partial charge in [-0.05, 0) is 92.8 Å². The molecule has 0 bridgehead atoms. The molecule has 2 aromatic carbocycles. The summed E-state index contributed by atoms with van der Waals surface area (Å²) in [6, 6.07) is 17.0. The summed E-state index contributed by atoms with van der Waals surface area (Å²) < 4.78 is 7.80. The topological polar surface area (TPSA) is 88.5 Å². The van der Waals surface area contributed by atoms with Crippen LogP contribution in [0.2, 0.25) is 0 Å². The molecule has 38 heavy (non-hydrogen) atoms. The average Bonchev–Trinajstić information content (AvgIpc) is 3.35. The summed E-state index contributed by atoms with van der Waals surface area (Å²) in [5, 5.41) is 6.43. The summed E-state index contributed by atoms with van der Waals surface area (Å²) in [5.74, 6) is 2.01. The number of hydrogen-bond acceptors (Lipinski definition) is 5. The number of nitrogens with one attached hydrogen (secondary N) is 2. The van der Waals surface area contributed by atoms with Crippen LogP contribution >= 0.6 is 0 Å². The number of carbonyl (C=O) groups is 2. The molecule has 1 aliphatic rings. The SMILES string of the molecule is CCc1cc2c(ccn2C(=O)NC)cc1Oc1ccnc(NC(=O)c2ccc(C3CCN(C)CC3)cc2)c1. The molecular formula is C30H33N5O3. The van der Waals surface area contributed by atoms with E-state index in [0.717, 1.165) is 48.8 Å². The van der Waals surface area contributed by atoms with Gasteiger partial charge in [0.05, 0.1) is 5.52 Å². The van der Waals surface area contributed by atoms with Crippen molar-refractivity contribution in [1.82, 2.24) is 19.8 Å². The maximum absolute atomic E-state index is 12.9. The molecule has 0 aliphatic carbocycles. The van der Waals surface area contributed by atoms with Crippen LogP contribution < -0.4 is 15.4 Å². The summed E-state index contributed by atoms with van der Waals surface area (Å²) in [5.41, 5.74) is 3.67. The normalized spacial score (nSPS) is 14.4. The largest absolute Gasteiger partial charge is 0.457 e. The molecule has 2 amide bonds. The fourth-order valence-corrected chi connectivity index (χ4v) is 4.98. The van der Waals surface area contributed by atoms with Gasteiger partial charge in [0.15, 0.2) is 0 Å². The summed E-state index contributed by atoms with van der Waals surface area (Å²) in [7, 11) is 3.77. The van der Waals surface area contributed by atoms with Crippen LogP contribution in [-0.2, 0) is 6.42 Å². The lowest BCUT2D eigenvalue weighted by atomic mass is 9.89. The molecule has 8 heteroatoms. The molecule has 0 atom stereocenters. The minimum absolute atomic E-state index is 0.193. The second kappa shape index (κ2) is 11.1. The van der Waals surface area contributed by atoms with Crippen LogP contribution in [0.3, 0.4) is 0 Å². The van der Waals surface area contributed by atoms with E-state index in [1.807, 2.05) is 37.3 Å². The zero-order chi connectivity index (χ0) is 26.6. The van der Waals surface area contributed by atoms with Gasteiger partial charge in [-0.15, -0.1) is 0 Å². The molecule has 2 aromatic heterocycles. The van der Waals surface area contributed by atoms with Gasteiger partial charge >= 0.3 is 6.03 Å². The van der Waals surface area contributed by atoms with E-state index in [0.29, 0.717) is 28.8 Å². The third-order valence-corrected chi connectivity index (χ3v) is 7.25. The number of pyridine rings is 1. The van der Waals surface area contributed by atoms with Crippen LogP contribution in [0.1, 0.15) is 47.2 Å². The second-order valence-electron chi connectivity index (χ2n) is 9.75. The minimum Gasteiger partial charge on any atom is -0.457 e. The van der Waals surface area contributed by atoms with Gasteiger partial charge in [-0.2, -0.15) is 0 Å². The number of carbonyl (C=O) groups excluding carboxylic acids is 2. The molecule has 196 valence electrons. The van der Waals surface area contributed by atoms with E-state index in [9.17, 15) is 9.59 Å². The number of nitrogens with zero attached hydrogens (tertiary/aromatic N) is 3. The quantitative estimate of drug-likeness (QED) is 0.350. The monoisotopic (exact) mass is 511 g/mol. The number of aryl methyl sites for hydroxylation is 1. The van der Waals surface area contributed by atoms with Crippen molar-refractivity contribution in [1.29, 1.82) is 0 Å². The van der Waals surface area contributed by atoms with E-state index in [-0.39, 0.29) is 11.9 Å². The molecule has 1 saturated heterocycles. The lowest BCUT2D eigenvalue weighted by Crippen LogP contribution is -2.29. The van der Waals surface area contributed by atoms with Gasteiger partial charge < -0.3 is 20.3 Å². The van der Waals surface area contributed by atoms with Crippen molar-refractivity contribution in [3.05, 3.63) is 83.7 Å². The van der Waals surface area contributed by atoms with Gasteiger partial charge in [0, 0.05) is 36.5 Å². The predicted octanol–water partition coefficient (Wildman–Crippen LogP) is 5.64. The van der Waals surface area contributed by atoms with Crippen molar-refractivity contribution in [2.75, 3.05) is 32.5 Å². The van der Waals surface area contributed by atoms with Crippen molar-refractivity contribution < 1.29 is 14.3 Å². The number of rotatable bonds is 6. The first-order valence-electron chi connectivity index (χ1n) is 13.0. The number of fused-ring (bicyclic) bond motifs is 1. The van der Waals surface area contributed by atoms with E-state index in [1.54, 1.807) is 36.1 Å². The molecule has 0 unspecified atom stereocenters. The van der Waals surface area contributed by atoms with Gasteiger partial charge in [-0.1, -0.05) is 19.1 Å². The van der Waals surface area contributed by atoms with E-state index < -0.39 is 0 Å². The Morgan fingerprint density at radius 1 is 1.05 bits per heavy atom. The zero-order valence-electron chi connectivity index (χ0n) is 22.0. The fraction of sp³-hybridized carbons (Fsp3) is 0.300. The predicted molar refractivity (Wildman–Crippen MR) is 149 cm³/mol. The van der Waals surface area contributed by atoms with Crippen molar-refractivity contribution in [2.24, 2.45) is 0 Å². The smallest absolute Gasteiger partial charge is 0.325 e. The van der Waals surface area contributed by atoms with E-state index >= 15 is 0 Å². The van der Waals surface area contributed by atoms with Crippen molar-refractivity contribution in [3.8, 4) is 11.5 Å². The van der Waals surface area contributed by atoms with E-state index in [2.05, 4.69) is 39.7 Å². The summed E-state index contributed by atoms with van der Waals surface area (Å²) >= 11 is 0. The number of piperidine rings is 1. The van der Waals surface area contributed by atoms with Gasteiger partial charge in [0.1, 0.15) is 17.3 Å². The molecule has 0 radical (unpaired) electrons. The van der Waals surface area contributed by atoms with Gasteiger partial charge in [-0.25, -0.2) is 9.78 Å². The van der Waals surface area contributed by atoms with Gasteiger partial charge in [0.25, 0.3) is 5.91 Å². The first kappa shape index (κ1) is 25.5. The Morgan fingerprint density at radius 3 is 2.53 bits per heavy atom. The number of anilines is 1. The summed E-state index contributed by atoms with van der Waals surface area (Å²) in [6.45, 7) is 4.25. The molecule has 5 rings (SSSR count). The Labute approximate surface area is 222 Å². The molecule has 2 N–H and O–H groups in total. The highest BCUT2D eigenvalue weighted by Gasteiger charge is 2.19. The molecule has 1 aliphatic heterocycles. The third kappa shape index (κ3) is 5.40. The van der Waals surface area contributed by atoms with Crippen LogP contribution in [0.15, 0.2) is 67.0 Å². The van der Waals surface area contributed by atoms with Crippen LogP contribution in [0.4, 0.5) is 10.6 Å². The van der Waals surface area contributed by atoms with E-state index in [1.165, 1.54) is 5.56 Å². The summed E-state index contributed by atoms with van der Waals surface area (Å²) in [4.78, 5) is 31.7. The van der Waals surface area contributed by atoms with Gasteiger partial charge in [0.2, 0.25) is 0 Å². The van der Waals surface area contributed by atoms with Crippen LogP contribution in [0.5, 0.6) is 11.5 Å². The minimum atomic E-state index is -0.212. The molecule has 0 saturated carbocycles. The molecule has 1 fully saturated rings. The van der Waals surface area contributed by atoms with Gasteiger partial charge in [-0.3, -0.25) is 9.36 Å². The highest BCUT2D eigenvalue weighted by atomic mass is 16.5. The molecule has 4 aromatic rings. The standard InChI is InChI=1S/C30H33N5O3/c1-4-20-17-26-24(12-16-35(26)30(37)31-2)18-27(20)38-25-9-13-32-28(19-25)33-29(36)23-7-5-21(6-8-23)22-10-14-34(3)15-11-22/h5-9,12-13,16-19,22H,4,10-11,14-15H2,1-3H3,(H,31,37)(H,32,33,36). The molecule has 0 spiro atoms. The molecule has 3 heterocycles. The van der Waals surface area contributed by atoms with E-state index in [4.69, 9.17) is 4.74 Å². The maximum atomic E-state index is 12.9. The highest BCUT2D eigenvalue weighted by Crippen LogP contribution is 2.32.